The molecule has 1 aliphatic heterocycles. The van der Waals surface area contributed by atoms with Crippen LogP contribution in [0.2, 0.25) is 0 Å². The molecule has 0 bridgehead atoms. The van der Waals surface area contributed by atoms with Gasteiger partial charge in [-0.1, -0.05) is 30.3 Å². The first kappa shape index (κ1) is 17.5. The Morgan fingerprint density at radius 3 is 2.81 bits per heavy atom. The number of carbonyl (C=O) groups is 2. The number of aryl methyl sites for hydroxylation is 1. The lowest BCUT2D eigenvalue weighted by molar-refractivity contribution is -0.142. The van der Waals surface area contributed by atoms with E-state index in [4.69, 9.17) is 4.74 Å². The number of rotatable bonds is 4. The predicted molar refractivity (Wildman–Crippen MR) is 96.0 cm³/mol. The van der Waals surface area contributed by atoms with Gasteiger partial charge in [-0.25, -0.2) is 9.18 Å². The van der Waals surface area contributed by atoms with Gasteiger partial charge in [-0.15, -0.1) is 0 Å². The molecular formula is C21H20FNO4. The van der Waals surface area contributed by atoms with E-state index in [1.807, 2.05) is 24.3 Å². The van der Waals surface area contributed by atoms with Crippen LogP contribution in [0.25, 0.3) is 0 Å². The molecule has 27 heavy (non-hydrogen) atoms. The number of ether oxygens (including phenoxy) is 1. The Morgan fingerprint density at radius 1 is 1.30 bits per heavy atom. The second-order valence-corrected chi connectivity index (χ2v) is 7.30. The summed E-state index contributed by atoms with van der Waals surface area (Å²) in [4.78, 5) is 24.6. The summed E-state index contributed by atoms with van der Waals surface area (Å²) in [5, 5.41) is 12.2. The van der Waals surface area contributed by atoms with E-state index >= 15 is 0 Å². The molecule has 1 spiro atoms. The Labute approximate surface area is 156 Å². The molecule has 1 heterocycles. The lowest BCUT2D eigenvalue weighted by Gasteiger charge is -2.27. The fourth-order valence-corrected chi connectivity index (χ4v) is 4.08. The van der Waals surface area contributed by atoms with Crippen molar-refractivity contribution in [3.05, 3.63) is 65.0 Å². The third-order valence-electron chi connectivity index (χ3n) is 5.67. The quantitative estimate of drug-likeness (QED) is 0.868. The molecular weight excluding hydrogens is 349 g/mol. The van der Waals surface area contributed by atoms with Crippen LogP contribution in [-0.4, -0.2) is 23.6 Å². The number of benzene rings is 2. The van der Waals surface area contributed by atoms with Crippen LogP contribution in [0.15, 0.2) is 42.5 Å². The smallest absolute Gasteiger partial charge is 0.330 e. The predicted octanol–water partition coefficient (Wildman–Crippen LogP) is 3.12. The molecule has 0 saturated heterocycles. The van der Waals surface area contributed by atoms with Gasteiger partial charge in [0, 0.05) is 16.9 Å². The number of nitrogens with one attached hydrogen (secondary N) is 1. The molecule has 3 atom stereocenters. The summed E-state index contributed by atoms with van der Waals surface area (Å²) in [5.41, 5.74) is 1.44. The zero-order chi connectivity index (χ0) is 19.2. The molecule has 2 aliphatic rings. The normalized spacial score (nSPS) is 23.9. The van der Waals surface area contributed by atoms with Crippen molar-refractivity contribution in [2.75, 3.05) is 6.61 Å². The monoisotopic (exact) mass is 369 g/mol. The van der Waals surface area contributed by atoms with Gasteiger partial charge >= 0.3 is 5.97 Å². The fraction of sp³-hybridized carbons (Fsp3) is 0.333. The summed E-state index contributed by atoms with van der Waals surface area (Å²) in [7, 11) is 0. The largest absolute Gasteiger partial charge is 0.493 e. The molecule has 0 radical (unpaired) electrons. The van der Waals surface area contributed by atoms with Crippen LogP contribution in [0.3, 0.4) is 0 Å². The van der Waals surface area contributed by atoms with E-state index in [1.54, 1.807) is 6.92 Å². The maximum absolute atomic E-state index is 13.5. The van der Waals surface area contributed by atoms with E-state index in [-0.39, 0.29) is 17.2 Å². The fourth-order valence-electron chi connectivity index (χ4n) is 4.08. The number of carbonyl (C=O) groups excluding carboxylic acids is 1. The number of carboxylic acid groups (broad SMARTS) is 1. The minimum absolute atomic E-state index is 0.277. The van der Waals surface area contributed by atoms with Crippen molar-refractivity contribution < 1.29 is 23.8 Å². The molecule has 1 aliphatic carbocycles. The van der Waals surface area contributed by atoms with Crippen molar-refractivity contribution in [2.24, 2.45) is 5.92 Å². The maximum Gasteiger partial charge on any atom is 0.330 e. The molecule has 1 saturated carbocycles. The lowest BCUT2D eigenvalue weighted by atomic mass is 9.87. The summed E-state index contributed by atoms with van der Waals surface area (Å²) in [6.45, 7) is 2.11. The Hall–Kier alpha value is -2.89. The highest BCUT2D eigenvalue weighted by Gasteiger charge is 2.61. The van der Waals surface area contributed by atoms with Crippen molar-refractivity contribution >= 4 is 11.9 Å². The van der Waals surface area contributed by atoms with E-state index in [2.05, 4.69) is 5.32 Å². The Balaban J connectivity index is 1.56. The molecule has 2 aromatic carbocycles. The highest BCUT2D eigenvalue weighted by atomic mass is 19.1. The van der Waals surface area contributed by atoms with Gasteiger partial charge in [0.1, 0.15) is 11.6 Å². The molecule has 2 aromatic rings. The van der Waals surface area contributed by atoms with Gasteiger partial charge < -0.3 is 15.2 Å². The van der Waals surface area contributed by atoms with Crippen LogP contribution in [0.5, 0.6) is 5.75 Å². The van der Waals surface area contributed by atoms with Crippen molar-refractivity contribution in [2.45, 2.75) is 31.2 Å². The van der Waals surface area contributed by atoms with Gasteiger partial charge in [-0.3, -0.25) is 4.79 Å². The van der Waals surface area contributed by atoms with Gasteiger partial charge in [0.05, 0.1) is 6.61 Å². The molecule has 5 nitrogen and oxygen atoms in total. The van der Waals surface area contributed by atoms with Crippen molar-refractivity contribution in [3.8, 4) is 5.75 Å². The molecule has 6 heteroatoms. The number of amides is 1. The number of hydrogen-bond acceptors (Lipinski definition) is 3. The topological polar surface area (TPSA) is 75.6 Å². The van der Waals surface area contributed by atoms with Gasteiger partial charge in [0.25, 0.3) is 0 Å². The highest BCUT2D eigenvalue weighted by Crippen LogP contribution is 2.60. The van der Waals surface area contributed by atoms with Gasteiger partial charge in [0.2, 0.25) is 5.91 Å². The minimum atomic E-state index is -1.20. The second-order valence-electron chi connectivity index (χ2n) is 7.30. The van der Waals surface area contributed by atoms with E-state index in [1.165, 1.54) is 18.2 Å². The zero-order valence-corrected chi connectivity index (χ0v) is 14.9. The first-order chi connectivity index (χ1) is 12.9. The van der Waals surface area contributed by atoms with Crippen LogP contribution in [0.4, 0.5) is 4.39 Å². The molecule has 3 unspecified atom stereocenters. The summed E-state index contributed by atoms with van der Waals surface area (Å²) < 4.78 is 19.2. The molecule has 1 fully saturated rings. The maximum atomic E-state index is 13.5. The lowest BCUT2D eigenvalue weighted by Crippen LogP contribution is -2.37. The van der Waals surface area contributed by atoms with Gasteiger partial charge in [0.15, 0.2) is 6.04 Å². The van der Waals surface area contributed by atoms with Crippen LogP contribution < -0.4 is 10.1 Å². The molecule has 4 rings (SSSR count). The summed E-state index contributed by atoms with van der Waals surface area (Å²) >= 11 is 0. The number of carboxylic acids is 1. The zero-order valence-electron chi connectivity index (χ0n) is 14.9. The number of para-hydroxylation sites is 1. The van der Waals surface area contributed by atoms with Gasteiger partial charge in [-0.2, -0.15) is 0 Å². The Kier molecular flexibility index (Phi) is 4.13. The van der Waals surface area contributed by atoms with Crippen LogP contribution in [0.1, 0.15) is 35.6 Å². The van der Waals surface area contributed by atoms with E-state index in [9.17, 15) is 19.1 Å². The first-order valence-electron chi connectivity index (χ1n) is 8.94. The third kappa shape index (κ3) is 2.95. The van der Waals surface area contributed by atoms with Crippen molar-refractivity contribution in [1.82, 2.24) is 5.32 Å². The number of fused-ring (bicyclic) bond motifs is 2. The number of aliphatic carboxylic acids is 1. The average Bonchev–Trinajstić information content (AvgIpc) is 3.37. The minimum Gasteiger partial charge on any atom is -0.493 e. The van der Waals surface area contributed by atoms with Crippen LogP contribution in [-0.2, 0) is 15.0 Å². The third-order valence-corrected chi connectivity index (χ3v) is 5.67. The average molecular weight is 369 g/mol. The van der Waals surface area contributed by atoms with Crippen molar-refractivity contribution in [3.63, 3.8) is 0 Å². The molecule has 140 valence electrons. The van der Waals surface area contributed by atoms with E-state index in [0.29, 0.717) is 24.2 Å². The van der Waals surface area contributed by atoms with Gasteiger partial charge in [-0.05, 0) is 43.0 Å². The number of hydrogen-bond donors (Lipinski definition) is 2. The molecule has 1 amide bonds. The molecule has 2 N–H and O–H groups in total. The Morgan fingerprint density at radius 2 is 2.07 bits per heavy atom. The van der Waals surface area contributed by atoms with Crippen LogP contribution >= 0.6 is 0 Å². The molecule has 0 aromatic heterocycles. The second kappa shape index (κ2) is 6.37. The SMILES string of the molecule is Cc1cc(C(NC(=O)C2CC23CCOc2ccccc23)C(=O)O)ccc1F. The van der Waals surface area contributed by atoms with Crippen molar-refractivity contribution in [1.29, 1.82) is 0 Å². The summed E-state index contributed by atoms with van der Waals surface area (Å²) in [6.07, 6.45) is 1.41. The van der Waals surface area contributed by atoms with Crippen LogP contribution in [0, 0.1) is 18.7 Å². The highest BCUT2D eigenvalue weighted by molar-refractivity contribution is 5.89. The first-order valence-corrected chi connectivity index (χ1v) is 8.94. The summed E-state index contributed by atoms with van der Waals surface area (Å²) in [6, 6.07) is 10.6. The van der Waals surface area contributed by atoms with E-state index < -0.39 is 17.8 Å². The van der Waals surface area contributed by atoms with E-state index in [0.717, 1.165) is 17.7 Å². The summed E-state index contributed by atoms with van der Waals surface area (Å²) in [5.74, 6) is -1.36. The Bertz CT molecular complexity index is 928. The number of halogens is 1. The standard InChI is InChI=1S/C21H20FNO4/c1-12-10-13(6-7-16(12)22)18(20(25)26)23-19(24)15-11-21(15)8-9-27-17-5-3-2-4-14(17)21/h2-7,10,15,18H,8-9,11H2,1H3,(H,23,24)(H,25,26).